The number of carbonyl (C=O) groups is 2. The topological polar surface area (TPSA) is 61.9 Å². The Hall–Kier alpha value is -1.60. The number of nitrogens with one attached hydrogen (secondary N) is 1. The summed E-state index contributed by atoms with van der Waals surface area (Å²) in [5.41, 5.74) is 0.698. The Morgan fingerprint density at radius 3 is 2.73 bits per heavy atom. The molecule has 0 aromatic heterocycles. The van der Waals surface area contributed by atoms with Gasteiger partial charge in [-0.2, -0.15) is 0 Å². The Kier molecular flexibility index (Phi) is 5.87. The minimum absolute atomic E-state index is 0.0623. The summed E-state index contributed by atoms with van der Waals surface area (Å²) >= 11 is 3.47. The molecule has 2 saturated heterocycles. The highest BCUT2D eigenvalue weighted by atomic mass is 79.9. The number of hydrogen-bond acceptors (Lipinski definition) is 3. The lowest BCUT2D eigenvalue weighted by atomic mass is 9.73. The van der Waals surface area contributed by atoms with Crippen LogP contribution in [0.2, 0.25) is 0 Å². The number of fused-ring (bicyclic) bond motifs is 1. The van der Waals surface area contributed by atoms with Crippen LogP contribution in [0.25, 0.3) is 0 Å². The summed E-state index contributed by atoms with van der Waals surface area (Å²) in [6.45, 7) is 7.64. The molecule has 2 aliphatic heterocycles. The van der Waals surface area contributed by atoms with Gasteiger partial charge in [-0.25, -0.2) is 4.79 Å². The summed E-state index contributed by atoms with van der Waals surface area (Å²) in [6, 6.07) is 7.49. The van der Waals surface area contributed by atoms with Gasteiger partial charge in [0.2, 0.25) is 5.91 Å². The van der Waals surface area contributed by atoms with Crippen LogP contribution in [0.3, 0.4) is 0 Å². The molecule has 26 heavy (non-hydrogen) atoms. The molecule has 1 aromatic rings. The molecule has 2 heterocycles. The zero-order valence-corrected chi connectivity index (χ0v) is 16.9. The normalized spacial score (nSPS) is 25.1. The van der Waals surface area contributed by atoms with Crippen LogP contribution in [0.5, 0.6) is 0 Å². The number of halogens is 1. The maximum absolute atomic E-state index is 12.8. The van der Waals surface area contributed by atoms with Crippen LogP contribution in [0.1, 0.15) is 20.3 Å². The Morgan fingerprint density at radius 1 is 1.31 bits per heavy atom. The van der Waals surface area contributed by atoms with Gasteiger partial charge in [0, 0.05) is 55.5 Å². The van der Waals surface area contributed by atoms with E-state index in [4.69, 9.17) is 4.74 Å². The third-order valence-electron chi connectivity index (χ3n) is 5.57. The summed E-state index contributed by atoms with van der Waals surface area (Å²) in [5.74, 6) is 0.350. The molecule has 6 nitrogen and oxygen atoms in total. The lowest BCUT2D eigenvalue weighted by Crippen LogP contribution is -2.50. The van der Waals surface area contributed by atoms with Crippen LogP contribution < -0.4 is 5.32 Å². The van der Waals surface area contributed by atoms with E-state index >= 15 is 0 Å². The van der Waals surface area contributed by atoms with Crippen molar-refractivity contribution in [3.05, 3.63) is 28.7 Å². The highest BCUT2D eigenvalue weighted by Crippen LogP contribution is 2.43. The number of para-hydroxylation sites is 1. The first-order valence-corrected chi connectivity index (χ1v) is 9.88. The van der Waals surface area contributed by atoms with Crippen molar-refractivity contribution in [1.29, 1.82) is 0 Å². The van der Waals surface area contributed by atoms with Crippen LogP contribution in [0, 0.1) is 11.3 Å². The summed E-state index contributed by atoms with van der Waals surface area (Å²) in [6.07, 6.45) is 0.871. The van der Waals surface area contributed by atoms with Gasteiger partial charge in [0.05, 0.1) is 12.3 Å². The molecule has 7 heteroatoms. The number of rotatable bonds is 4. The maximum Gasteiger partial charge on any atom is 0.321 e. The Labute approximate surface area is 163 Å². The Balaban J connectivity index is 1.73. The monoisotopic (exact) mass is 423 g/mol. The van der Waals surface area contributed by atoms with Crippen molar-refractivity contribution in [3.8, 4) is 0 Å². The van der Waals surface area contributed by atoms with Crippen LogP contribution in [-0.4, -0.2) is 61.1 Å². The van der Waals surface area contributed by atoms with Gasteiger partial charge in [0.25, 0.3) is 0 Å². The van der Waals surface area contributed by atoms with E-state index in [9.17, 15) is 9.59 Å². The molecule has 142 valence electrons. The average Bonchev–Trinajstić information content (AvgIpc) is 3.01. The minimum atomic E-state index is -0.100. The Bertz CT molecular complexity index is 684. The van der Waals surface area contributed by atoms with Crippen LogP contribution >= 0.6 is 15.9 Å². The van der Waals surface area contributed by atoms with E-state index in [2.05, 4.69) is 21.2 Å². The molecule has 3 amide bonds. The zero-order valence-electron chi connectivity index (χ0n) is 15.3. The van der Waals surface area contributed by atoms with Crippen molar-refractivity contribution in [3.63, 3.8) is 0 Å². The minimum Gasteiger partial charge on any atom is -0.381 e. The molecule has 1 aromatic carbocycles. The number of benzene rings is 1. The molecule has 0 aliphatic carbocycles. The van der Waals surface area contributed by atoms with Crippen LogP contribution in [0.15, 0.2) is 28.7 Å². The summed E-state index contributed by atoms with van der Waals surface area (Å²) in [5, 5.41) is 2.99. The highest BCUT2D eigenvalue weighted by Gasteiger charge is 2.51. The van der Waals surface area contributed by atoms with Gasteiger partial charge in [-0.1, -0.05) is 12.1 Å². The molecule has 0 radical (unpaired) electrons. The summed E-state index contributed by atoms with van der Waals surface area (Å²) in [4.78, 5) is 28.4. The molecule has 2 unspecified atom stereocenters. The zero-order chi connectivity index (χ0) is 18.7. The summed E-state index contributed by atoms with van der Waals surface area (Å²) in [7, 11) is 0. The van der Waals surface area contributed by atoms with Crippen molar-refractivity contribution in [1.82, 2.24) is 9.80 Å². The van der Waals surface area contributed by atoms with E-state index in [1.807, 2.05) is 41.0 Å². The van der Waals surface area contributed by atoms with E-state index in [0.29, 0.717) is 32.8 Å². The second kappa shape index (κ2) is 7.96. The molecular weight excluding hydrogens is 398 g/mol. The molecule has 0 spiro atoms. The van der Waals surface area contributed by atoms with E-state index in [1.165, 1.54) is 0 Å². The highest BCUT2D eigenvalue weighted by molar-refractivity contribution is 9.10. The molecule has 2 atom stereocenters. The van der Waals surface area contributed by atoms with Gasteiger partial charge in [-0.05, 0) is 41.4 Å². The van der Waals surface area contributed by atoms with Crippen molar-refractivity contribution in [2.45, 2.75) is 20.3 Å². The molecule has 2 aliphatic rings. The smallest absolute Gasteiger partial charge is 0.321 e. The first kappa shape index (κ1) is 19.2. The lowest BCUT2D eigenvalue weighted by Gasteiger charge is -2.42. The van der Waals surface area contributed by atoms with Gasteiger partial charge < -0.3 is 19.9 Å². The third kappa shape index (κ3) is 3.88. The first-order chi connectivity index (χ1) is 12.4. The number of carbonyl (C=O) groups excluding carboxylic acids is 2. The summed E-state index contributed by atoms with van der Waals surface area (Å²) < 4.78 is 6.63. The largest absolute Gasteiger partial charge is 0.381 e. The molecule has 0 bridgehead atoms. The number of nitrogens with zero attached hydrogens (tertiary/aromatic N) is 2. The molecule has 2 fully saturated rings. The van der Waals surface area contributed by atoms with Gasteiger partial charge in [-0.15, -0.1) is 0 Å². The fourth-order valence-corrected chi connectivity index (χ4v) is 4.41. The fourth-order valence-electron chi connectivity index (χ4n) is 4.02. The Morgan fingerprint density at radius 2 is 2.04 bits per heavy atom. The number of likely N-dealkylation sites (tertiary alicyclic amines) is 2. The van der Waals surface area contributed by atoms with E-state index < -0.39 is 0 Å². The molecule has 1 N–H and O–H groups in total. The van der Waals surface area contributed by atoms with Gasteiger partial charge in [0.1, 0.15) is 0 Å². The van der Waals surface area contributed by atoms with Crippen molar-refractivity contribution in [2.24, 2.45) is 11.3 Å². The maximum atomic E-state index is 12.8. The first-order valence-electron chi connectivity index (χ1n) is 9.09. The number of ether oxygens (including phenoxy) is 1. The van der Waals surface area contributed by atoms with Gasteiger partial charge in [-0.3, -0.25) is 4.79 Å². The van der Waals surface area contributed by atoms with Gasteiger partial charge in [0.15, 0.2) is 0 Å². The number of urea groups is 1. The fraction of sp³-hybridized carbons (Fsp3) is 0.579. The molecule has 3 rings (SSSR count). The predicted octanol–water partition coefficient (Wildman–Crippen LogP) is 3.19. The quantitative estimate of drug-likeness (QED) is 0.808. The number of hydrogen-bond donors (Lipinski definition) is 1. The number of amides is 3. The van der Waals surface area contributed by atoms with Crippen molar-refractivity contribution >= 4 is 33.6 Å². The SMILES string of the molecule is CCOCC12CCN(C(C)=O)CC1CN(C(=O)Nc1ccccc1Br)C2. The van der Waals surface area contributed by atoms with Crippen molar-refractivity contribution in [2.75, 3.05) is 44.7 Å². The van der Waals surface area contributed by atoms with Crippen LogP contribution in [0.4, 0.5) is 10.5 Å². The van der Waals surface area contributed by atoms with Crippen LogP contribution in [-0.2, 0) is 9.53 Å². The molecular formula is C19H26BrN3O3. The number of anilines is 1. The van der Waals surface area contributed by atoms with Gasteiger partial charge >= 0.3 is 6.03 Å². The predicted molar refractivity (Wildman–Crippen MR) is 104 cm³/mol. The number of piperidine rings is 1. The lowest BCUT2D eigenvalue weighted by molar-refractivity contribution is -0.133. The second-order valence-electron chi connectivity index (χ2n) is 7.20. The van der Waals surface area contributed by atoms with Crippen molar-refractivity contribution < 1.29 is 14.3 Å². The average molecular weight is 424 g/mol. The van der Waals surface area contributed by atoms with E-state index in [-0.39, 0.29) is 23.3 Å². The second-order valence-corrected chi connectivity index (χ2v) is 8.06. The molecule has 0 saturated carbocycles. The standard InChI is InChI=1S/C19H26BrN3O3/c1-3-26-13-19-8-9-22(14(2)24)10-15(19)11-23(12-19)18(25)21-17-7-5-4-6-16(17)20/h4-7,15H,3,8-13H2,1-2H3,(H,21,25). The van der Waals surface area contributed by atoms with E-state index in [1.54, 1.807) is 6.92 Å². The third-order valence-corrected chi connectivity index (χ3v) is 6.27. The van der Waals surface area contributed by atoms with E-state index in [0.717, 1.165) is 23.1 Å².